The Morgan fingerprint density at radius 3 is 2.35 bits per heavy atom. The molecule has 0 atom stereocenters. The number of halogens is 3. The van der Waals surface area contributed by atoms with Crippen LogP contribution in [0, 0.1) is 17.5 Å². The number of amides is 1. The van der Waals surface area contributed by atoms with Crippen LogP contribution in [0.1, 0.15) is 24.0 Å². The number of hydrogen-bond acceptors (Lipinski definition) is 2. The van der Waals surface area contributed by atoms with Crippen LogP contribution in [-0.2, 0) is 17.9 Å². The predicted octanol–water partition coefficient (Wildman–Crippen LogP) is 3.73. The Hall–Kier alpha value is -2.34. The number of rotatable bonds is 7. The van der Waals surface area contributed by atoms with Gasteiger partial charge in [-0.1, -0.05) is 24.3 Å². The summed E-state index contributed by atoms with van der Waals surface area (Å²) >= 11 is 0. The number of benzene rings is 2. The third kappa shape index (κ3) is 4.64. The van der Waals surface area contributed by atoms with Crippen LogP contribution in [0.2, 0.25) is 0 Å². The molecule has 1 fully saturated rings. The third-order valence-corrected chi connectivity index (χ3v) is 4.58. The summed E-state index contributed by atoms with van der Waals surface area (Å²) in [4.78, 5) is 15.9. The summed E-state index contributed by atoms with van der Waals surface area (Å²) in [6.45, 7) is 0.539. The molecule has 6 heteroatoms. The van der Waals surface area contributed by atoms with Crippen molar-refractivity contribution in [2.24, 2.45) is 0 Å². The van der Waals surface area contributed by atoms with Crippen molar-refractivity contribution < 1.29 is 18.0 Å². The Morgan fingerprint density at radius 1 is 1.00 bits per heavy atom. The molecule has 0 unspecified atom stereocenters. The van der Waals surface area contributed by atoms with Crippen molar-refractivity contribution >= 4 is 5.91 Å². The van der Waals surface area contributed by atoms with Crippen LogP contribution in [-0.4, -0.2) is 35.3 Å². The summed E-state index contributed by atoms with van der Waals surface area (Å²) in [5.41, 5.74) is 0.814. The van der Waals surface area contributed by atoms with Crippen molar-refractivity contribution in [2.75, 3.05) is 13.6 Å². The van der Waals surface area contributed by atoms with Gasteiger partial charge in [0.25, 0.3) is 0 Å². The van der Waals surface area contributed by atoms with E-state index < -0.39 is 11.6 Å². The minimum absolute atomic E-state index is 0.117. The van der Waals surface area contributed by atoms with Gasteiger partial charge in [0.15, 0.2) is 0 Å². The highest BCUT2D eigenvalue weighted by Gasteiger charge is 2.31. The van der Waals surface area contributed by atoms with Gasteiger partial charge in [-0.25, -0.2) is 13.2 Å². The lowest BCUT2D eigenvalue weighted by atomic mass is 10.2. The van der Waals surface area contributed by atoms with E-state index in [0.717, 1.165) is 18.9 Å². The molecule has 138 valence electrons. The van der Waals surface area contributed by atoms with E-state index in [0.29, 0.717) is 11.1 Å². The van der Waals surface area contributed by atoms with E-state index in [4.69, 9.17) is 0 Å². The highest BCUT2D eigenvalue weighted by Crippen LogP contribution is 2.29. The van der Waals surface area contributed by atoms with E-state index in [2.05, 4.69) is 0 Å². The molecule has 0 radical (unpaired) electrons. The number of carbonyl (C=O) groups is 1. The van der Waals surface area contributed by atoms with Crippen LogP contribution in [0.5, 0.6) is 0 Å². The molecule has 0 N–H and O–H groups in total. The summed E-state index contributed by atoms with van der Waals surface area (Å²) in [6, 6.07) is 10.0. The Balaban J connectivity index is 1.64. The van der Waals surface area contributed by atoms with Crippen molar-refractivity contribution in [2.45, 2.75) is 32.0 Å². The number of nitrogens with zero attached hydrogens (tertiary/aromatic N) is 2. The number of carbonyl (C=O) groups excluding carboxylic acids is 1. The van der Waals surface area contributed by atoms with Gasteiger partial charge in [0, 0.05) is 43.4 Å². The molecule has 1 amide bonds. The standard InChI is InChI=1S/C20H21F3N2O/c1-24(11-14-4-2-3-5-18(14)22)20(26)13-25(17-8-9-17)12-15-6-7-16(21)10-19(15)23/h2-7,10,17H,8-9,11-13H2,1H3. The van der Waals surface area contributed by atoms with Crippen molar-refractivity contribution in [1.29, 1.82) is 0 Å². The van der Waals surface area contributed by atoms with Gasteiger partial charge in [-0.15, -0.1) is 0 Å². The maximum Gasteiger partial charge on any atom is 0.236 e. The molecular formula is C20H21F3N2O. The lowest BCUT2D eigenvalue weighted by Crippen LogP contribution is -2.39. The van der Waals surface area contributed by atoms with E-state index >= 15 is 0 Å². The van der Waals surface area contributed by atoms with Gasteiger partial charge in [-0.2, -0.15) is 0 Å². The normalized spacial score (nSPS) is 13.9. The molecule has 3 nitrogen and oxygen atoms in total. The second-order valence-electron chi connectivity index (χ2n) is 6.71. The molecule has 0 aromatic heterocycles. The van der Waals surface area contributed by atoms with Crippen molar-refractivity contribution in [3.05, 3.63) is 71.0 Å². The van der Waals surface area contributed by atoms with Crippen molar-refractivity contribution in [3.63, 3.8) is 0 Å². The molecule has 2 aromatic carbocycles. The van der Waals surface area contributed by atoms with Crippen LogP contribution in [0.4, 0.5) is 13.2 Å². The minimum Gasteiger partial charge on any atom is -0.340 e. The van der Waals surface area contributed by atoms with Crippen LogP contribution in [0.15, 0.2) is 42.5 Å². The fraction of sp³-hybridized carbons (Fsp3) is 0.350. The maximum absolute atomic E-state index is 13.9. The van der Waals surface area contributed by atoms with Gasteiger partial charge >= 0.3 is 0 Å². The van der Waals surface area contributed by atoms with E-state index in [-0.39, 0.29) is 37.4 Å². The summed E-state index contributed by atoms with van der Waals surface area (Å²) in [5.74, 6) is -1.74. The van der Waals surface area contributed by atoms with Gasteiger partial charge < -0.3 is 4.90 Å². The second-order valence-corrected chi connectivity index (χ2v) is 6.71. The highest BCUT2D eigenvalue weighted by atomic mass is 19.1. The molecular weight excluding hydrogens is 341 g/mol. The molecule has 0 spiro atoms. The van der Waals surface area contributed by atoms with Crippen LogP contribution in [0.3, 0.4) is 0 Å². The maximum atomic E-state index is 13.9. The van der Waals surface area contributed by atoms with Crippen LogP contribution < -0.4 is 0 Å². The Morgan fingerprint density at radius 2 is 1.69 bits per heavy atom. The van der Waals surface area contributed by atoms with Gasteiger partial charge in [0.05, 0.1) is 6.54 Å². The van der Waals surface area contributed by atoms with Gasteiger partial charge in [0.2, 0.25) is 5.91 Å². The first kappa shape index (κ1) is 18.5. The quantitative estimate of drug-likeness (QED) is 0.749. The fourth-order valence-electron chi connectivity index (χ4n) is 2.89. The zero-order chi connectivity index (χ0) is 18.7. The molecule has 1 aliphatic rings. The molecule has 1 aliphatic carbocycles. The van der Waals surface area contributed by atoms with E-state index in [1.165, 1.54) is 23.1 Å². The molecule has 2 aromatic rings. The average molecular weight is 362 g/mol. The van der Waals surface area contributed by atoms with Gasteiger partial charge in [-0.05, 0) is 25.0 Å². The van der Waals surface area contributed by atoms with Crippen LogP contribution >= 0.6 is 0 Å². The zero-order valence-corrected chi connectivity index (χ0v) is 14.6. The van der Waals surface area contributed by atoms with E-state index in [9.17, 15) is 18.0 Å². The van der Waals surface area contributed by atoms with E-state index in [1.54, 1.807) is 25.2 Å². The first-order valence-electron chi connectivity index (χ1n) is 8.59. The van der Waals surface area contributed by atoms with Crippen LogP contribution in [0.25, 0.3) is 0 Å². The largest absolute Gasteiger partial charge is 0.340 e. The van der Waals surface area contributed by atoms with Gasteiger partial charge in [-0.3, -0.25) is 9.69 Å². The average Bonchev–Trinajstić information content (AvgIpc) is 3.43. The molecule has 0 aliphatic heterocycles. The lowest BCUT2D eigenvalue weighted by molar-refractivity contribution is -0.132. The predicted molar refractivity (Wildman–Crippen MR) is 92.7 cm³/mol. The minimum atomic E-state index is -0.620. The van der Waals surface area contributed by atoms with E-state index in [1.807, 2.05) is 4.90 Å². The Kier molecular flexibility index (Phi) is 5.61. The lowest BCUT2D eigenvalue weighted by Gasteiger charge is -2.25. The highest BCUT2D eigenvalue weighted by molar-refractivity contribution is 5.78. The first-order valence-corrected chi connectivity index (χ1v) is 8.59. The molecule has 3 rings (SSSR count). The number of hydrogen-bond donors (Lipinski definition) is 0. The summed E-state index contributed by atoms with van der Waals surface area (Å²) in [6.07, 6.45) is 1.90. The zero-order valence-electron chi connectivity index (χ0n) is 14.6. The van der Waals surface area contributed by atoms with Crippen molar-refractivity contribution in [1.82, 2.24) is 9.80 Å². The molecule has 0 heterocycles. The molecule has 26 heavy (non-hydrogen) atoms. The third-order valence-electron chi connectivity index (χ3n) is 4.58. The Bertz CT molecular complexity index is 792. The van der Waals surface area contributed by atoms with Crippen molar-refractivity contribution in [3.8, 4) is 0 Å². The topological polar surface area (TPSA) is 23.6 Å². The molecule has 0 bridgehead atoms. The fourth-order valence-corrected chi connectivity index (χ4v) is 2.89. The summed E-state index contributed by atoms with van der Waals surface area (Å²) < 4.78 is 40.7. The second kappa shape index (κ2) is 7.91. The van der Waals surface area contributed by atoms with Gasteiger partial charge in [0.1, 0.15) is 17.5 Å². The Labute approximate surface area is 151 Å². The molecule has 0 saturated heterocycles. The molecule has 1 saturated carbocycles. The summed E-state index contributed by atoms with van der Waals surface area (Å²) in [5, 5.41) is 0. The smallest absolute Gasteiger partial charge is 0.236 e. The monoisotopic (exact) mass is 362 g/mol. The first-order chi connectivity index (χ1) is 12.4. The SMILES string of the molecule is CN(Cc1ccccc1F)C(=O)CN(Cc1ccc(F)cc1F)C1CC1. The number of likely N-dealkylation sites (N-methyl/N-ethyl adjacent to an activating group) is 1. The summed E-state index contributed by atoms with van der Waals surface area (Å²) in [7, 11) is 1.62.